The summed E-state index contributed by atoms with van der Waals surface area (Å²) in [6.45, 7) is 8.09. The van der Waals surface area contributed by atoms with E-state index in [-0.39, 0.29) is 18.4 Å². The van der Waals surface area contributed by atoms with E-state index in [1.807, 2.05) is 62.1 Å². The van der Waals surface area contributed by atoms with Crippen molar-refractivity contribution in [3.63, 3.8) is 0 Å². The average Bonchev–Trinajstić information content (AvgIpc) is 3.20. The second-order valence-corrected chi connectivity index (χ2v) is 7.49. The van der Waals surface area contributed by atoms with Crippen molar-refractivity contribution in [1.82, 2.24) is 10.2 Å². The number of hydrogen-bond acceptors (Lipinski definition) is 3. The number of hydrogen-bond donors (Lipinski definition) is 1. The lowest BCUT2D eigenvalue weighted by Gasteiger charge is -2.15. The van der Waals surface area contributed by atoms with Gasteiger partial charge in [-0.15, -0.1) is 0 Å². The summed E-state index contributed by atoms with van der Waals surface area (Å²) in [5, 5.41) is 2.86. The van der Waals surface area contributed by atoms with E-state index < -0.39 is 0 Å². The van der Waals surface area contributed by atoms with Crippen molar-refractivity contribution in [2.75, 3.05) is 19.7 Å². The van der Waals surface area contributed by atoms with Crippen LogP contribution >= 0.6 is 0 Å². The van der Waals surface area contributed by atoms with Crippen LogP contribution in [0, 0.1) is 20.8 Å². The van der Waals surface area contributed by atoms with E-state index in [9.17, 15) is 9.59 Å². The molecule has 0 radical (unpaired) electrons. The van der Waals surface area contributed by atoms with Gasteiger partial charge in [-0.3, -0.25) is 9.59 Å². The molecule has 1 aliphatic heterocycles. The molecule has 2 aromatic rings. The van der Waals surface area contributed by atoms with Gasteiger partial charge in [-0.05, 0) is 62.4 Å². The second kappa shape index (κ2) is 8.91. The van der Waals surface area contributed by atoms with Crippen molar-refractivity contribution >= 4 is 11.8 Å². The van der Waals surface area contributed by atoms with Gasteiger partial charge >= 0.3 is 0 Å². The number of aryl methyl sites for hydroxylation is 3. The van der Waals surface area contributed by atoms with E-state index in [1.165, 1.54) is 5.56 Å². The third-order valence-electron chi connectivity index (χ3n) is 5.04. The molecule has 1 saturated heterocycles. The number of nitrogens with one attached hydrogen (secondary N) is 1. The van der Waals surface area contributed by atoms with Gasteiger partial charge in [0, 0.05) is 25.2 Å². The summed E-state index contributed by atoms with van der Waals surface area (Å²) in [7, 11) is 0. The molecular formula is C23H28N2O3. The zero-order valence-electron chi connectivity index (χ0n) is 16.9. The number of benzene rings is 2. The van der Waals surface area contributed by atoms with Crippen LogP contribution < -0.4 is 10.1 Å². The van der Waals surface area contributed by atoms with Crippen molar-refractivity contribution in [3.05, 3.63) is 64.2 Å². The molecule has 1 aliphatic rings. The molecule has 2 aromatic carbocycles. The molecule has 0 unspecified atom stereocenters. The Balaban J connectivity index is 1.49. The van der Waals surface area contributed by atoms with Crippen LogP contribution in [0.25, 0.3) is 0 Å². The lowest BCUT2D eigenvalue weighted by molar-refractivity contribution is -0.123. The zero-order chi connectivity index (χ0) is 20.1. The number of rotatable bonds is 6. The van der Waals surface area contributed by atoms with Crippen LogP contribution in [0.3, 0.4) is 0 Å². The van der Waals surface area contributed by atoms with Crippen LogP contribution in [-0.2, 0) is 11.3 Å². The van der Waals surface area contributed by atoms with Crippen LogP contribution in [0.4, 0.5) is 0 Å². The topological polar surface area (TPSA) is 58.6 Å². The van der Waals surface area contributed by atoms with Gasteiger partial charge in [0.25, 0.3) is 11.8 Å². The third-order valence-corrected chi connectivity index (χ3v) is 5.04. The lowest BCUT2D eigenvalue weighted by Crippen LogP contribution is -2.29. The van der Waals surface area contributed by atoms with Crippen molar-refractivity contribution in [2.24, 2.45) is 0 Å². The monoisotopic (exact) mass is 380 g/mol. The van der Waals surface area contributed by atoms with Gasteiger partial charge in [-0.1, -0.05) is 29.8 Å². The van der Waals surface area contributed by atoms with Crippen LogP contribution in [0.5, 0.6) is 5.75 Å². The number of likely N-dealkylation sites (tertiary alicyclic amines) is 1. The Bertz CT molecular complexity index is 830. The molecule has 5 nitrogen and oxygen atoms in total. The fourth-order valence-corrected chi connectivity index (χ4v) is 3.65. The number of nitrogens with zero attached hydrogens (tertiary/aromatic N) is 1. The fourth-order valence-electron chi connectivity index (χ4n) is 3.65. The fraction of sp³-hybridized carbons (Fsp3) is 0.391. The second-order valence-electron chi connectivity index (χ2n) is 7.49. The summed E-state index contributed by atoms with van der Waals surface area (Å²) < 4.78 is 5.72. The van der Waals surface area contributed by atoms with Crippen LogP contribution in [-0.4, -0.2) is 36.4 Å². The van der Waals surface area contributed by atoms with E-state index >= 15 is 0 Å². The number of carbonyl (C=O) groups is 2. The minimum atomic E-state index is -0.170. The summed E-state index contributed by atoms with van der Waals surface area (Å²) >= 11 is 0. The summed E-state index contributed by atoms with van der Waals surface area (Å²) in [4.78, 5) is 26.4. The normalized spacial score (nSPS) is 13.5. The highest BCUT2D eigenvalue weighted by Gasteiger charge is 2.19. The highest BCUT2D eigenvalue weighted by Crippen LogP contribution is 2.24. The van der Waals surface area contributed by atoms with Gasteiger partial charge in [0.2, 0.25) is 0 Å². The molecule has 5 heteroatoms. The van der Waals surface area contributed by atoms with Crippen molar-refractivity contribution in [3.8, 4) is 5.75 Å². The molecule has 3 rings (SSSR count). The largest absolute Gasteiger partial charge is 0.483 e. The average molecular weight is 380 g/mol. The minimum Gasteiger partial charge on any atom is -0.483 e. The molecule has 2 amide bonds. The Morgan fingerprint density at radius 1 is 1.00 bits per heavy atom. The molecule has 1 heterocycles. The van der Waals surface area contributed by atoms with Gasteiger partial charge in [0.05, 0.1) is 0 Å². The standard InChI is InChI=1S/C23H28N2O3/c1-16-12-17(2)22(18(3)13-16)28-15-21(26)24-14-19-6-8-20(9-7-19)23(27)25-10-4-5-11-25/h6-9,12-13H,4-5,10-11,14-15H2,1-3H3,(H,24,26). The van der Waals surface area contributed by atoms with Gasteiger partial charge < -0.3 is 15.0 Å². The third kappa shape index (κ3) is 4.91. The van der Waals surface area contributed by atoms with Crippen molar-refractivity contribution < 1.29 is 14.3 Å². The van der Waals surface area contributed by atoms with Gasteiger partial charge in [-0.2, -0.15) is 0 Å². The molecule has 0 saturated carbocycles. The maximum atomic E-state index is 12.4. The Morgan fingerprint density at radius 3 is 2.21 bits per heavy atom. The molecule has 0 atom stereocenters. The molecular weight excluding hydrogens is 352 g/mol. The summed E-state index contributed by atoms with van der Waals surface area (Å²) in [6, 6.07) is 11.5. The maximum absolute atomic E-state index is 12.4. The van der Waals surface area contributed by atoms with Crippen LogP contribution in [0.2, 0.25) is 0 Å². The first-order valence-corrected chi connectivity index (χ1v) is 9.79. The molecule has 0 aliphatic carbocycles. The Hall–Kier alpha value is -2.82. The predicted molar refractivity (Wildman–Crippen MR) is 110 cm³/mol. The predicted octanol–water partition coefficient (Wildman–Crippen LogP) is 3.54. The zero-order valence-corrected chi connectivity index (χ0v) is 16.9. The quantitative estimate of drug-likeness (QED) is 0.834. The minimum absolute atomic E-state index is 0.0176. The summed E-state index contributed by atoms with van der Waals surface area (Å²) in [5.74, 6) is 0.687. The molecule has 0 spiro atoms. The number of ether oxygens (including phenoxy) is 1. The molecule has 148 valence electrons. The van der Waals surface area contributed by atoms with Gasteiger partial charge in [0.15, 0.2) is 6.61 Å². The molecule has 1 N–H and O–H groups in total. The first-order chi connectivity index (χ1) is 13.4. The molecule has 0 bridgehead atoms. The van der Waals surface area contributed by atoms with E-state index in [0.717, 1.165) is 48.4 Å². The van der Waals surface area contributed by atoms with E-state index in [2.05, 4.69) is 5.32 Å². The van der Waals surface area contributed by atoms with Crippen LogP contribution in [0.15, 0.2) is 36.4 Å². The first kappa shape index (κ1) is 19.9. The van der Waals surface area contributed by atoms with Crippen LogP contribution in [0.1, 0.15) is 45.5 Å². The van der Waals surface area contributed by atoms with Crippen molar-refractivity contribution in [2.45, 2.75) is 40.2 Å². The summed E-state index contributed by atoms with van der Waals surface area (Å²) in [5.41, 5.74) is 4.89. The van der Waals surface area contributed by atoms with E-state index in [1.54, 1.807) is 0 Å². The van der Waals surface area contributed by atoms with Crippen molar-refractivity contribution in [1.29, 1.82) is 0 Å². The SMILES string of the molecule is Cc1cc(C)c(OCC(=O)NCc2ccc(C(=O)N3CCCC3)cc2)c(C)c1. The molecule has 0 aromatic heterocycles. The highest BCUT2D eigenvalue weighted by molar-refractivity contribution is 5.94. The van der Waals surface area contributed by atoms with E-state index in [4.69, 9.17) is 4.74 Å². The maximum Gasteiger partial charge on any atom is 0.258 e. The number of amides is 2. The Labute approximate surface area is 166 Å². The van der Waals surface area contributed by atoms with E-state index in [0.29, 0.717) is 12.1 Å². The molecule has 1 fully saturated rings. The summed E-state index contributed by atoms with van der Waals surface area (Å²) in [6.07, 6.45) is 2.17. The number of carbonyl (C=O) groups excluding carboxylic acids is 2. The molecule has 28 heavy (non-hydrogen) atoms. The lowest BCUT2D eigenvalue weighted by atomic mass is 10.1. The Kier molecular flexibility index (Phi) is 6.34. The Morgan fingerprint density at radius 2 is 1.61 bits per heavy atom. The van der Waals surface area contributed by atoms with Gasteiger partial charge in [-0.25, -0.2) is 0 Å². The highest BCUT2D eigenvalue weighted by atomic mass is 16.5. The smallest absolute Gasteiger partial charge is 0.258 e. The van der Waals surface area contributed by atoms with Gasteiger partial charge in [0.1, 0.15) is 5.75 Å². The first-order valence-electron chi connectivity index (χ1n) is 9.79.